The van der Waals surface area contributed by atoms with Crippen molar-refractivity contribution in [2.45, 2.75) is 6.42 Å². The van der Waals surface area contributed by atoms with Crippen molar-refractivity contribution >= 4 is 22.6 Å². The number of amidine groups is 1. The number of H-pyrrole nitrogens is 1. The topological polar surface area (TPSA) is 107 Å². The van der Waals surface area contributed by atoms with Gasteiger partial charge in [-0.05, 0) is 62.0 Å². The highest BCUT2D eigenvalue weighted by Gasteiger charge is 2.10. The molecule has 7 nitrogen and oxygen atoms in total. The largest absolute Gasteiger partial charge is 0.492 e. The third-order valence-corrected chi connectivity index (χ3v) is 5.88. The standard InChI is InChI=1S/C28H31N5O2/c1-33(2)15-16-35-26-6-4-3-5-22(26)20-8-10-21(11-9-20)28(34)31-14-13-19-7-12-25-23(17-19)24(18-32-25)27(29)30/h3-12,17-18,32H,13-16H2,1-2H3,(H3,29,30)(H,31,34). The zero-order valence-electron chi connectivity index (χ0n) is 20.1. The fraction of sp³-hybridized carbons (Fsp3) is 0.214. The number of benzene rings is 3. The average Bonchev–Trinajstić information content (AvgIpc) is 3.28. The first-order valence-electron chi connectivity index (χ1n) is 11.6. The van der Waals surface area contributed by atoms with E-state index in [-0.39, 0.29) is 11.7 Å². The molecule has 7 heteroatoms. The number of carbonyl (C=O) groups is 1. The molecule has 0 unspecified atom stereocenters. The number of rotatable bonds is 10. The van der Waals surface area contributed by atoms with E-state index in [9.17, 15) is 4.79 Å². The van der Waals surface area contributed by atoms with Gasteiger partial charge in [0, 0.05) is 46.9 Å². The Morgan fingerprint density at radius 2 is 1.86 bits per heavy atom. The van der Waals surface area contributed by atoms with Gasteiger partial charge in [0.05, 0.1) is 0 Å². The molecule has 1 amide bonds. The van der Waals surface area contributed by atoms with Gasteiger partial charge in [0.1, 0.15) is 18.2 Å². The highest BCUT2D eigenvalue weighted by atomic mass is 16.5. The van der Waals surface area contributed by atoms with E-state index in [1.165, 1.54) is 0 Å². The van der Waals surface area contributed by atoms with Gasteiger partial charge < -0.3 is 25.7 Å². The minimum Gasteiger partial charge on any atom is -0.492 e. The van der Waals surface area contributed by atoms with Crippen LogP contribution in [0.2, 0.25) is 0 Å². The van der Waals surface area contributed by atoms with Crippen molar-refractivity contribution in [1.82, 2.24) is 15.2 Å². The second kappa shape index (κ2) is 10.9. The maximum absolute atomic E-state index is 12.7. The summed E-state index contributed by atoms with van der Waals surface area (Å²) in [5, 5.41) is 11.6. The lowest BCUT2D eigenvalue weighted by Crippen LogP contribution is -2.25. The summed E-state index contributed by atoms with van der Waals surface area (Å²) in [5.74, 6) is 0.756. The van der Waals surface area contributed by atoms with Crippen molar-refractivity contribution in [3.8, 4) is 16.9 Å². The molecule has 0 saturated carbocycles. The number of carbonyl (C=O) groups excluding carboxylic acids is 1. The molecule has 0 aliphatic rings. The van der Waals surface area contributed by atoms with Crippen molar-refractivity contribution in [2.24, 2.45) is 5.73 Å². The van der Waals surface area contributed by atoms with E-state index in [1.807, 2.05) is 80.8 Å². The Bertz CT molecular complexity index is 1320. The van der Waals surface area contributed by atoms with Crippen LogP contribution in [0.15, 0.2) is 72.9 Å². The van der Waals surface area contributed by atoms with Crippen molar-refractivity contribution < 1.29 is 9.53 Å². The average molecular weight is 470 g/mol. The number of nitrogens with one attached hydrogen (secondary N) is 3. The summed E-state index contributed by atoms with van der Waals surface area (Å²) in [6, 6.07) is 21.5. The molecule has 35 heavy (non-hydrogen) atoms. The van der Waals surface area contributed by atoms with Crippen molar-refractivity contribution in [2.75, 3.05) is 33.8 Å². The summed E-state index contributed by atoms with van der Waals surface area (Å²) >= 11 is 0. The lowest BCUT2D eigenvalue weighted by atomic mass is 10.0. The van der Waals surface area contributed by atoms with Crippen LogP contribution in [-0.4, -0.2) is 55.4 Å². The zero-order valence-corrected chi connectivity index (χ0v) is 20.1. The molecule has 0 atom stereocenters. The van der Waals surface area contributed by atoms with E-state index in [0.29, 0.717) is 30.7 Å². The molecule has 0 saturated heterocycles. The molecule has 1 heterocycles. The number of hydrogen-bond donors (Lipinski definition) is 4. The third kappa shape index (κ3) is 5.88. The number of amides is 1. The molecular weight excluding hydrogens is 438 g/mol. The summed E-state index contributed by atoms with van der Waals surface area (Å²) < 4.78 is 5.98. The molecular formula is C28H31N5O2. The van der Waals surface area contributed by atoms with Gasteiger partial charge in [-0.3, -0.25) is 10.2 Å². The quantitative estimate of drug-likeness (QED) is 0.208. The predicted molar refractivity (Wildman–Crippen MR) is 141 cm³/mol. The van der Waals surface area contributed by atoms with Crippen LogP contribution in [0, 0.1) is 5.41 Å². The molecule has 0 aliphatic carbocycles. The van der Waals surface area contributed by atoms with E-state index in [4.69, 9.17) is 15.9 Å². The van der Waals surface area contributed by atoms with E-state index < -0.39 is 0 Å². The Hall–Kier alpha value is -4.10. The summed E-state index contributed by atoms with van der Waals surface area (Å²) in [4.78, 5) is 17.9. The third-order valence-electron chi connectivity index (χ3n) is 5.88. The smallest absolute Gasteiger partial charge is 0.251 e. The van der Waals surface area contributed by atoms with Gasteiger partial charge >= 0.3 is 0 Å². The number of nitrogens with zero attached hydrogens (tertiary/aromatic N) is 1. The molecule has 1 aromatic heterocycles. The van der Waals surface area contributed by atoms with Crippen molar-refractivity contribution in [1.29, 1.82) is 5.41 Å². The lowest BCUT2D eigenvalue weighted by molar-refractivity contribution is 0.0954. The van der Waals surface area contributed by atoms with Gasteiger partial charge in [0.2, 0.25) is 0 Å². The Labute approximate surface area is 205 Å². The number of para-hydroxylation sites is 1. The fourth-order valence-electron chi connectivity index (χ4n) is 3.94. The maximum atomic E-state index is 12.7. The van der Waals surface area contributed by atoms with Crippen LogP contribution in [0.3, 0.4) is 0 Å². The first-order chi connectivity index (χ1) is 16.9. The van der Waals surface area contributed by atoms with E-state index in [2.05, 4.69) is 15.2 Å². The molecule has 0 radical (unpaired) electrons. The van der Waals surface area contributed by atoms with Crippen molar-refractivity contribution in [3.05, 3.63) is 89.6 Å². The highest BCUT2D eigenvalue weighted by Crippen LogP contribution is 2.30. The zero-order chi connectivity index (χ0) is 24.8. The van der Waals surface area contributed by atoms with E-state index in [0.717, 1.165) is 39.9 Å². The molecule has 0 aliphatic heterocycles. The summed E-state index contributed by atoms with van der Waals surface area (Å²) in [5.41, 5.74) is 11.0. The molecule has 4 aromatic rings. The van der Waals surface area contributed by atoms with Gasteiger partial charge in [-0.15, -0.1) is 0 Å². The molecule has 0 spiro atoms. The normalized spacial score (nSPS) is 11.1. The molecule has 5 N–H and O–H groups in total. The Morgan fingerprint density at radius 1 is 1.09 bits per heavy atom. The summed E-state index contributed by atoms with van der Waals surface area (Å²) in [7, 11) is 4.04. The predicted octanol–water partition coefficient (Wildman–Crippen LogP) is 4.03. The van der Waals surface area contributed by atoms with Crippen molar-refractivity contribution in [3.63, 3.8) is 0 Å². The molecule has 4 rings (SSSR count). The Kier molecular flexibility index (Phi) is 7.48. The van der Waals surface area contributed by atoms with Gasteiger partial charge in [0.15, 0.2) is 0 Å². The Morgan fingerprint density at radius 3 is 2.60 bits per heavy atom. The second-order valence-electron chi connectivity index (χ2n) is 8.73. The van der Waals surface area contributed by atoms with Crippen LogP contribution in [0.1, 0.15) is 21.5 Å². The van der Waals surface area contributed by atoms with E-state index in [1.54, 1.807) is 6.20 Å². The van der Waals surface area contributed by atoms with Gasteiger partial charge in [0.25, 0.3) is 5.91 Å². The minimum atomic E-state index is -0.112. The Balaban J connectivity index is 1.36. The fourth-order valence-corrected chi connectivity index (χ4v) is 3.94. The first kappa shape index (κ1) is 24.0. The van der Waals surface area contributed by atoms with Crippen LogP contribution in [0.5, 0.6) is 5.75 Å². The summed E-state index contributed by atoms with van der Waals surface area (Å²) in [6.07, 6.45) is 2.43. The van der Waals surface area contributed by atoms with Crippen LogP contribution >= 0.6 is 0 Å². The molecule has 0 bridgehead atoms. The van der Waals surface area contributed by atoms with Gasteiger partial charge in [-0.2, -0.15) is 0 Å². The SMILES string of the molecule is CN(C)CCOc1ccccc1-c1ccc(C(=O)NCCc2ccc3[nH]cc(C(=N)N)c3c2)cc1. The number of nitrogens with two attached hydrogens (primary N) is 1. The number of nitrogen functional groups attached to an aromatic ring is 1. The molecule has 0 fully saturated rings. The minimum absolute atomic E-state index is 0.0351. The van der Waals surface area contributed by atoms with Crippen LogP contribution in [0.25, 0.3) is 22.0 Å². The first-order valence-corrected chi connectivity index (χ1v) is 11.6. The van der Waals surface area contributed by atoms with Gasteiger partial charge in [-0.1, -0.05) is 36.4 Å². The number of aromatic amines is 1. The lowest BCUT2D eigenvalue weighted by Gasteiger charge is -2.14. The molecule has 3 aromatic carbocycles. The monoisotopic (exact) mass is 469 g/mol. The number of ether oxygens (including phenoxy) is 1. The summed E-state index contributed by atoms with van der Waals surface area (Å²) in [6.45, 7) is 1.95. The van der Waals surface area contributed by atoms with Crippen LogP contribution in [-0.2, 0) is 6.42 Å². The number of likely N-dealkylation sites (N-methyl/N-ethyl adjacent to an activating group) is 1. The number of hydrogen-bond acceptors (Lipinski definition) is 4. The number of fused-ring (bicyclic) bond motifs is 1. The highest BCUT2D eigenvalue weighted by molar-refractivity contribution is 6.07. The number of aromatic nitrogens is 1. The second-order valence-corrected chi connectivity index (χ2v) is 8.73. The van der Waals surface area contributed by atoms with E-state index >= 15 is 0 Å². The molecule has 180 valence electrons. The van der Waals surface area contributed by atoms with Crippen LogP contribution in [0.4, 0.5) is 0 Å². The van der Waals surface area contributed by atoms with Crippen LogP contribution < -0.4 is 15.8 Å². The maximum Gasteiger partial charge on any atom is 0.251 e. The van der Waals surface area contributed by atoms with Gasteiger partial charge in [-0.25, -0.2) is 0 Å².